The van der Waals surface area contributed by atoms with Gasteiger partial charge < -0.3 is 9.47 Å². The molecule has 0 N–H and O–H groups in total. The number of para-hydroxylation sites is 1. The summed E-state index contributed by atoms with van der Waals surface area (Å²) in [5, 5.41) is 5.40. The number of nitrogens with zero attached hydrogens (tertiary/aromatic N) is 5. The maximum atomic E-state index is 4.63. The van der Waals surface area contributed by atoms with Gasteiger partial charge in [0, 0.05) is 56.2 Å². The molecule has 1 aromatic carbocycles. The number of anilines is 2. The molecule has 0 saturated carbocycles. The minimum Gasteiger partial charge on any atom is -0.343 e. The summed E-state index contributed by atoms with van der Waals surface area (Å²) in [5.74, 6) is 0.924. The van der Waals surface area contributed by atoms with Crippen molar-refractivity contribution in [3.05, 3.63) is 61.1 Å². The largest absolute Gasteiger partial charge is 0.343 e. The van der Waals surface area contributed by atoms with Gasteiger partial charge in [0.15, 0.2) is 0 Å². The van der Waals surface area contributed by atoms with E-state index in [4.69, 9.17) is 0 Å². The van der Waals surface area contributed by atoms with E-state index in [9.17, 15) is 0 Å². The average molecular weight is 317 g/mol. The van der Waals surface area contributed by atoms with Gasteiger partial charge in [-0.05, 0) is 18.2 Å². The van der Waals surface area contributed by atoms with Crippen molar-refractivity contribution in [2.24, 2.45) is 14.1 Å². The molecule has 3 heterocycles. The SMILES string of the molecule is CN(c1ccccc1)c1cc2c(cn1)cc(-c1cnn(C)c1)n2C. The zero-order chi connectivity index (χ0) is 16.7. The van der Waals surface area contributed by atoms with Gasteiger partial charge in [-0.2, -0.15) is 5.10 Å². The molecule has 0 atom stereocenters. The minimum absolute atomic E-state index is 0.924. The quantitative estimate of drug-likeness (QED) is 0.578. The van der Waals surface area contributed by atoms with E-state index >= 15 is 0 Å². The summed E-state index contributed by atoms with van der Waals surface area (Å²) in [6.45, 7) is 0. The molecular weight excluding hydrogens is 298 g/mol. The fourth-order valence-electron chi connectivity index (χ4n) is 3.02. The maximum absolute atomic E-state index is 4.63. The molecule has 24 heavy (non-hydrogen) atoms. The Kier molecular flexibility index (Phi) is 3.34. The smallest absolute Gasteiger partial charge is 0.134 e. The number of rotatable bonds is 3. The van der Waals surface area contributed by atoms with Crippen LogP contribution in [0.15, 0.2) is 61.1 Å². The highest BCUT2D eigenvalue weighted by atomic mass is 15.2. The van der Waals surface area contributed by atoms with Gasteiger partial charge in [-0.3, -0.25) is 4.68 Å². The molecular formula is C19H19N5. The number of fused-ring (bicyclic) bond motifs is 1. The second kappa shape index (κ2) is 5.53. The number of aryl methyl sites for hydroxylation is 2. The number of hydrogen-bond acceptors (Lipinski definition) is 3. The molecule has 0 aliphatic rings. The van der Waals surface area contributed by atoms with Crippen LogP contribution < -0.4 is 4.90 Å². The zero-order valence-corrected chi connectivity index (χ0v) is 14.0. The molecule has 0 fully saturated rings. The molecule has 4 rings (SSSR count). The third-order valence-electron chi connectivity index (χ3n) is 4.40. The highest BCUT2D eigenvalue weighted by Gasteiger charge is 2.12. The molecule has 5 heteroatoms. The first kappa shape index (κ1) is 14.5. The topological polar surface area (TPSA) is 38.9 Å². The third-order valence-corrected chi connectivity index (χ3v) is 4.40. The van der Waals surface area contributed by atoms with Gasteiger partial charge in [-0.1, -0.05) is 18.2 Å². The molecule has 0 bridgehead atoms. The second-order valence-electron chi connectivity index (χ2n) is 5.99. The first-order valence-corrected chi connectivity index (χ1v) is 7.87. The lowest BCUT2D eigenvalue weighted by Gasteiger charge is -2.18. The van der Waals surface area contributed by atoms with Crippen LogP contribution in [0.3, 0.4) is 0 Å². The Labute approximate surface area is 140 Å². The summed E-state index contributed by atoms with van der Waals surface area (Å²) in [5.41, 5.74) is 4.52. The molecule has 0 radical (unpaired) electrons. The molecule has 3 aromatic heterocycles. The highest BCUT2D eigenvalue weighted by molar-refractivity contribution is 5.88. The Balaban J connectivity index is 1.80. The average Bonchev–Trinajstić information content (AvgIpc) is 3.18. The third kappa shape index (κ3) is 2.34. The van der Waals surface area contributed by atoms with E-state index in [-0.39, 0.29) is 0 Å². The van der Waals surface area contributed by atoms with Crippen molar-refractivity contribution < 1.29 is 0 Å². The predicted molar refractivity (Wildman–Crippen MR) is 97.4 cm³/mol. The van der Waals surface area contributed by atoms with Gasteiger partial charge in [0.2, 0.25) is 0 Å². The second-order valence-corrected chi connectivity index (χ2v) is 5.99. The van der Waals surface area contributed by atoms with Crippen LogP contribution in [0.25, 0.3) is 22.2 Å². The van der Waals surface area contributed by atoms with E-state index < -0.39 is 0 Å². The van der Waals surface area contributed by atoms with E-state index in [1.54, 1.807) is 0 Å². The summed E-state index contributed by atoms with van der Waals surface area (Å²) in [6, 6.07) is 14.5. The van der Waals surface area contributed by atoms with Crippen LogP contribution in [0, 0.1) is 0 Å². The lowest BCUT2D eigenvalue weighted by Crippen LogP contribution is -2.10. The summed E-state index contributed by atoms with van der Waals surface area (Å²) >= 11 is 0. The Morgan fingerprint density at radius 1 is 1.00 bits per heavy atom. The minimum atomic E-state index is 0.924. The van der Waals surface area contributed by atoms with E-state index in [1.165, 1.54) is 0 Å². The van der Waals surface area contributed by atoms with Crippen molar-refractivity contribution in [1.82, 2.24) is 19.3 Å². The maximum Gasteiger partial charge on any atom is 0.134 e. The van der Waals surface area contributed by atoms with Crippen LogP contribution in [0.5, 0.6) is 0 Å². The summed E-state index contributed by atoms with van der Waals surface area (Å²) in [4.78, 5) is 6.72. The van der Waals surface area contributed by atoms with Crippen LogP contribution >= 0.6 is 0 Å². The van der Waals surface area contributed by atoms with Crippen molar-refractivity contribution in [3.8, 4) is 11.3 Å². The van der Waals surface area contributed by atoms with Gasteiger partial charge in [0.1, 0.15) is 5.82 Å². The standard InChI is InChI=1S/C19H19N5/c1-22-13-15(12-21-22)17-9-14-11-20-19(10-18(14)24(17)3)23(2)16-7-5-4-6-8-16/h4-13H,1-3H3. The molecule has 0 unspecified atom stereocenters. The van der Waals surface area contributed by atoms with E-state index in [2.05, 4.69) is 50.9 Å². The normalized spacial score (nSPS) is 11.1. The molecule has 5 nitrogen and oxygen atoms in total. The van der Waals surface area contributed by atoms with Gasteiger partial charge in [0.05, 0.1) is 17.4 Å². The van der Waals surface area contributed by atoms with Crippen molar-refractivity contribution in [2.45, 2.75) is 0 Å². The fourth-order valence-corrected chi connectivity index (χ4v) is 3.02. The van der Waals surface area contributed by atoms with Crippen LogP contribution in [0.4, 0.5) is 11.5 Å². The lowest BCUT2D eigenvalue weighted by atomic mass is 10.2. The fraction of sp³-hybridized carbons (Fsp3) is 0.158. The van der Waals surface area contributed by atoms with E-state index in [0.717, 1.165) is 33.7 Å². The summed E-state index contributed by atoms with van der Waals surface area (Å²) in [7, 11) is 6.05. The molecule has 0 saturated heterocycles. The van der Waals surface area contributed by atoms with Gasteiger partial charge >= 0.3 is 0 Å². The molecule has 0 amide bonds. The number of hydrogen-bond donors (Lipinski definition) is 0. The van der Waals surface area contributed by atoms with Gasteiger partial charge in [-0.25, -0.2) is 4.98 Å². The number of benzene rings is 1. The zero-order valence-electron chi connectivity index (χ0n) is 14.0. The van der Waals surface area contributed by atoms with Crippen molar-refractivity contribution in [2.75, 3.05) is 11.9 Å². The number of aromatic nitrogens is 4. The molecule has 0 aliphatic heterocycles. The van der Waals surface area contributed by atoms with Crippen LogP contribution in [-0.2, 0) is 14.1 Å². The molecule has 0 spiro atoms. The first-order valence-electron chi connectivity index (χ1n) is 7.87. The van der Waals surface area contributed by atoms with Gasteiger partial charge in [0.25, 0.3) is 0 Å². The monoisotopic (exact) mass is 317 g/mol. The summed E-state index contributed by atoms with van der Waals surface area (Å²) < 4.78 is 4.01. The van der Waals surface area contributed by atoms with E-state index in [1.807, 2.05) is 55.6 Å². The van der Waals surface area contributed by atoms with Gasteiger partial charge in [-0.15, -0.1) is 0 Å². The Morgan fingerprint density at radius 2 is 1.79 bits per heavy atom. The molecule has 4 aromatic rings. The van der Waals surface area contributed by atoms with Crippen LogP contribution in [-0.4, -0.2) is 26.4 Å². The predicted octanol–water partition coefficient (Wildman–Crippen LogP) is 3.74. The summed E-state index contributed by atoms with van der Waals surface area (Å²) in [6.07, 6.45) is 5.85. The van der Waals surface area contributed by atoms with Crippen molar-refractivity contribution in [3.63, 3.8) is 0 Å². The van der Waals surface area contributed by atoms with Crippen molar-refractivity contribution >= 4 is 22.4 Å². The number of pyridine rings is 1. The van der Waals surface area contributed by atoms with Crippen molar-refractivity contribution in [1.29, 1.82) is 0 Å². The first-order chi connectivity index (χ1) is 11.6. The van der Waals surface area contributed by atoms with E-state index in [0.29, 0.717) is 0 Å². The highest BCUT2D eigenvalue weighted by Crippen LogP contribution is 2.30. The lowest BCUT2D eigenvalue weighted by molar-refractivity contribution is 0.768. The molecule has 120 valence electrons. The van der Waals surface area contributed by atoms with Crippen LogP contribution in [0.2, 0.25) is 0 Å². The Bertz CT molecular complexity index is 997. The Morgan fingerprint density at radius 3 is 2.50 bits per heavy atom. The molecule has 0 aliphatic carbocycles. The van der Waals surface area contributed by atoms with Crippen LogP contribution in [0.1, 0.15) is 0 Å². The Hall–Kier alpha value is -3.08.